The summed E-state index contributed by atoms with van der Waals surface area (Å²) in [5.74, 6) is -3.29. The number of hydrogen-bond acceptors (Lipinski definition) is 4. The lowest BCUT2D eigenvalue weighted by Gasteiger charge is -2.41. The van der Waals surface area contributed by atoms with Crippen LogP contribution >= 0.6 is 0 Å². The number of ether oxygens (including phenoxy) is 1. The quantitative estimate of drug-likeness (QED) is 0.617. The van der Waals surface area contributed by atoms with Gasteiger partial charge < -0.3 is 14.2 Å². The Morgan fingerprint density at radius 3 is 2.40 bits per heavy atom. The van der Waals surface area contributed by atoms with Crippen molar-refractivity contribution < 1.29 is 22.9 Å². The predicted octanol–water partition coefficient (Wildman–Crippen LogP) is 5.15. The van der Waals surface area contributed by atoms with E-state index in [-0.39, 0.29) is 37.0 Å². The first-order chi connectivity index (χ1) is 13.6. The molecule has 5 nitrogen and oxygen atoms in total. The van der Waals surface area contributed by atoms with Crippen molar-refractivity contribution in [2.24, 2.45) is 5.92 Å². The number of alkyl halides is 2. The van der Waals surface area contributed by atoms with Crippen LogP contribution in [0.2, 0.25) is 0 Å². The Balaban J connectivity index is 1.97. The summed E-state index contributed by atoms with van der Waals surface area (Å²) in [5, 5.41) is 0. The van der Waals surface area contributed by atoms with E-state index >= 15 is 0 Å². The maximum absolute atomic E-state index is 14.9. The maximum Gasteiger partial charge on any atom is 0.410 e. The van der Waals surface area contributed by atoms with Gasteiger partial charge in [-0.3, -0.25) is 0 Å². The number of carbonyl (C=O) groups is 1. The fraction of sp³-hybridized carbons (Fsp3) is 0.682. The molecular weight excluding hydrogens is 410 g/mol. The Morgan fingerprint density at radius 2 is 1.87 bits per heavy atom. The summed E-state index contributed by atoms with van der Waals surface area (Å²) in [7, 11) is 0. The molecule has 1 aromatic rings. The minimum Gasteiger partial charge on any atom is -0.598 e. The van der Waals surface area contributed by atoms with Crippen LogP contribution in [-0.4, -0.2) is 39.0 Å². The molecular formula is C22H34F2N2O3S. The third-order valence-corrected chi connectivity index (χ3v) is 6.48. The summed E-state index contributed by atoms with van der Waals surface area (Å²) < 4.78 is 49.9. The molecule has 1 aliphatic rings. The number of carbonyl (C=O) groups excluding carboxylic acids is 1. The van der Waals surface area contributed by atoms with Crippen LogP contribution in [0.25, 0.3) is 0 Å². The highest BCUT2D eigenvalue weighted by Crippen LogP contribution is 2.38. The Hall–Kier alpha value is -1.38. The molecule has 0 aromatic heterocycles. The lowest BCUT2D eigenvalue weighted by atomic mass is 9.89. The lowest BCUT2D eigenvalue weighted by Crippen LogP contribution is -2.52. The third kappa shape index (κ3) is 6.82. The first-order valence-corrected chi connectivity index (χ1v) is 11.4. The molecule has 1 saturated heterocycles. The molecule has 8 heteroatoms. The van der Waals surface area contributed by atoms with Crippen LogP contribution in [0.15, 0.2) is 24.3 Å². The number of benzene rings is 1. The summed E-state index contributed by atoms with van der Waals surface area (Å²) in [6, 6.07) is 5.92. The number of likely N-dealkylation sites (tertiary alicyclic amines) is 1. The van der Waals surface area contributed by atoms with E-state index in [9.17, 15) is 18.1 Å². The van der Waals surface area contributed by atoms with Gasteiger partial charge in [0.25, 0.3) is 5.92 Å². The molecule has 1 unspecified atom stereocenters. The molecule has 1 aromatic carbocycles. The standard InChI is InChI=1S/C22H34F2N2O3S/c1-15(25-30(28)21(5,6)7)17-9-8-10-18(11-17)22(23,24)12-16-13-26(14-16)19(27)29-20(2,3)4/h8-11,15-16,25H,12-14H2,1-7H3/t15-,30?/m1/s1. The van der Waals surface area contributed by atoms with E-state index in [0.717, 1.165) is 0 Å². The number of rotatable bonds is 6. The topological polar surface area (TPSA) is 64.6 Å². The summed E-state index contributed by atoms with van der Waals surface area (Å²) in [4.78, 5) is 13.4. The van der Waals surface area contributed by atoms with Gasteiger partial charge in [-0.2, -0.15) is 0 Å². The first kappa shape index (κ1) is 24.9. The molecule has 1 N–H and O–H groups in total. The minimum absolute atomic E-state index is 0.0640. The Morgan fingerprint density at radius 1 is 1.27 bits per heavy atom. The van der Waals surface area contributed by atoms with E-state index < -0.39 is 33.7 Å². The second kappa shape index (κ2) is 9.01. The second-order valence-electron chi connectivity index (χ2n) is 10.0. The predicted molar refractivity (Wildman–Crippen MR) is 116 cm³/mol. The van der Waals surface area contributed by atoms with Gasteiger partial charge in [-0.25, -0.2) is 13.6 Å². The summed E-state index contributed by atoms with van der Waals surface area (Å²) >= 11 is -1.30. The van der Waals surface area contributed by atoms with Gasteiger partial charge in [-0.15, -0.1) is 4.72 Å². The van der Waals surface area contributed by atoms with Crippen LogP contribution in [0.3, 0.4) is 0 Å². The van der Waals surface area contributed by atoms with Crippen LogP contribution in [-0.2, 0) is 22.0 Å². The highest BCUT2D eigenvalue weighted by atomic mass is 32.2. The second-order valence-corrected chi connectivity index (χ2v) is 12.0. The van der Waals surface area contributed by atoms with Crippen LogP contribution in [0, 0.1) is 5.92 Å². The highest BCUT2D eigenvalue weighted by Gasteiger charge is 2.42. The average Bonchev–Trinajstić information content (AvgIpc) is 2.55. The van der Waals surface area contributed by atoms with Crippen molar-refractivity contribution in [3.63, 3.8) is 0 Å². The van der Waals surface area contributed by atoms with Crippen molar-refractivity contribution in [2.45, 2.75) is 77.2 Å². The number of halogens is 2. The number of nitrogens with one attached hydrogen (secondary N) is 1. The van der Waals surface area contributed by atoms with Gasteiger partial charge >= 0.3 is 6.09 Å². The van der Waals surface area contributed by atoms with Gasteiger partial charge in [0, 0.05) is 42.4 Å². The third-order valence-electron chi connectivity index (χ3n) is 4.80. The lowest BCUT2D eigenvalue weighted by molar-refractivity contribution is -0.0612. The summed E-state index contributed by atoms with van der Waals surface area (Å²) in [5.41, 5.74) is -0.00632. The van der Waals surface area contributed by atoms with Crippen molar-refractivity contribution in [1.82, 2.24) is 9.62 Å². The highest BCUT2D eigenvalue weighted by molar-refractivity contribution is 7.90. The van der Waals surface area contributed by atoms with Crippen LogP contribution in [0.1, 0.15) is 72.1 Å². The molecule has 30 heavy (non-hydrogen) atoms. The van der Waals surface area contributed by atoms with Crippen molar-refractivity contribution in [3.05, 3.63) is 35.4 Å². The summed E-state index contributed by atoms with van der Waals surface area (Å²) in [6.07, 6.45) is -0.790. The zero-order valence-electron chi connectivity index (χ0n) is 18.9. The Labute approximate surface area is 181 Å². The van der Waals surface area contributed by atoms with Gasteiger partial charge in [-0.05, 0) is 60.1 Å². The molecule has 2 atom stereocenters. The molecule has 0 radical (unpaired) electrons. The van der Waals surface area contributed by atoms with Crippen LogP contribution in [0.5, 0.6) is 0 Å². The fourth-order valence-corrected chi connectivity index (χ4v) is 3.91. The normalized spacial score (nSPS) is 18.0. The van der Waals surface area contributed by atoms with Gasteiger partial charge in [0.2, 0.25) is 0 Å². The van der Waals surface area contributed by atoms with Gasteiger partial charge in [0.15, 0.2) is 0 Å². The fourth-order valence-electron chi connectivity index (χ4n) is 3.10. The van der Waals surface area contributed by atoms with E-state index in [1.807, 2.05) is 27.7 Å². The Kier molecular flexibility index (Phi) is 7.47. The van der Waals surface area contributed by atoms with E-state index in [1.54, 1.807) is 32.9 Å². The largest absolute Gasteiger partial charge is 0.598 e. The molecule has 1 fully saturated rings. The smallest absolute Gasteiger partial charge is 0.410 e. The number of nitrogens with zero attached hydrogens (tertiary/aromatic N) is 1. The molecule has 1 aliphatic heterocycles. The van der Waals surface area contributed by atoms with Gasteiger partial charge in [-0.1, -0.05) is 18.2 Å². The first-order valence-electron chi connectivity index (χ1n) is 10.2. The molecule has 1 amide bonds. The van der Waals surface area contributed by atoms with Crippen molar-refractivity contribution in [1.29, 1.82) is 0 Å². The SMILES string of the molecule is C[C@@H](N[S+]([O-])C(C)(C)C)c1cccc(C(F)(F)CC2CN(C(=O)OC(C)(C)C)C2)c1. The minimum atomic E-state index is -3.01. The van der Waals surface area contributed by atoms with Crippen molar-refractivity contribution in [3.8, 4) is 0 Å². The molecule has 0 spiro atoms. The molecule has 170 valence electrons. The zero-order chi connectivity index (χ0) is 22.9. The molecule has 0 bridgehead atoms. The average molecular weight is 445 g/mol. The maximum atomic E-state index is 14.9. The van der Waals surface area contributed by atoms with E-state index in [4.69, 9.17) is 4.74 Å². The molecule has 2 rings (SSSR count). The molecule has 0 saturated carbocycles. The van der Waals surface area contributed by atoms with E-state index in [2.05, 4.69) is 4.72 Å². The number of amides is 1. The van der Waals surface area contributed by atoms with Gasteiger partial charge in [0.05, 0.1) is 6.04 Å². The molecule has 0 aliphatic carbocycles. The zero-order valence-corrected chi connectivity index (χ0v) is 19.7. The van der Waals surface area contributed by atoms with Crippen molar-refractivity contribution in [2.75, 3.05) is 13.1 Å². The Bertz CT molecular complexity index is 741. The molecule has 1 heterocycles. The van der Waals surface area contributed by atoms with Gasteiger partial charge in [0.1, 0.15) is 10.3 Å². The van der Waals surface area contributed by atoms with E-state index in [0.29, 0.717) is 5.56 Å². The van der Waals surface area contributed by atoms with Crippen LogP contribution in [0.4, 0.5) is 13.6 Å². The monoisotopic (exact) mass is 444 g/mol. The summed E-state index contributed by atoms with van der Waals surface area (Å²) in [6.45, 7) is 13.2. The van der Waals surface area contributed by atoms with E-state index in [1.165, 1.54) is 17.0 Å². The number of hydrogen-bond donors (Lipinski definition) is 1. The van der Waals surface area contributed by atoms with Crippen molar-refractivity contribution >= 4 is 17.5 Å². The van der Waals surface area contributed by atoms with Crippen LogP contribution < -0.4 is 4.72 Å².